The predicted octanol–water partition coefficient (Wildman–Crippen LogP) is 4.00. The minimum Gasteiger partial charge on any atom is -0.410 e. The number of carbonyl (C=O) groups excluding carboxylic acids is 2. The van der Waals surface area contributed by atoms with E-state index in [2.05, 4.69) is 27.3 Å². The first-order valence-corrected chi connectivity index (χ1v) is 11.1. The van der Waals surface area contributed by atoms with Gasteiger partial charge in [0.25, 0.3) is 5.91 Å². The first kappa shape index (κ1) is 22.5. The fraction of sp³-hybridized carbons (Fsp3) is 0.269. The average Bonchev–Trinajstić information content (AvgIpc) is 2.85. The summed E-state index contributed by atoms with van der Waals surface area (Å²) in [4.78, 5) is 33.3. The van der Waals surface area contributed by atoms with Gasteiger partial charge in [-0.05, 0) is 55.0 Å². The zero-order valence-electron chi connectivity index (χ0n) is 18.7. The van der Waals surface area contributed by atoms with Gasteiger partial charge >= 0.3 is 6.09 Å². The van der Waals surface area contributed by atoms with E-state index in [1.807, 2.05) is 31.3 Å². The van der Waals surface area contributed by atoms with Gasteiger partial charge in [-0.15, -0.1) is 0 Å². The third-order valence-corrected chi connectivity index (χ3v) is 5.64. The lowest BCUT2D eigenvalue weighted by atomic mass is 10.2. The quantitative estimate of drug-likeness (QED) is 0.622. The summed E-state index contributed by atoms with van der Waals surface area (Å²) >= 11 is 0. The second-order valence-electron chi connectivity index (χ2n) is 8.12. The molecule has 0 spiro atoms. The van der Waals surface area contributed by atoms with E-state index in [1.54, 1.807) is 41.3 Å². The molecule has 0 saturated carbocycles. The number of hydrogen-bond acceptors (Lipinski definition) is 5. The molecule has 0 atom stereocenters. The van der Waals surface area contributed by atoms with Crippen LogP contribution in [0.4, 0.5) is 10.5 Å². The molecule has 0 aliphatic carbocycles. The smallest absolute Gasteiger partial charge is 0.410 e. The van der Waals surface area contributed by atoms with Gasteiger partial charge in [-0.3, -0.25) is 14.7 Å². The van der Waals surface area contributed by atoms with Crippen molar-refractivity contribution in [3.8, 4) is 5.75 Å². The van der Waals surface area contributed by atoms with Crippen molar-refractivity contribution in [3.05, 3.63) is 89.7 Å². The maximum absolute atomic E-state index is 12.5. The third-order valence-electron chi connectivity index (χ3n) is 5.64. The SMILES string of the molecule is Cc1ccc(CCN2CCN(C(=O)Oc3ccc(NC(=O)c4ccccc4)cc3)CC2)nc1. The number of aromatic nitrogens is 1. The molecule has 1 aliphatic heterocycles. The molecule has 170 valence electrons. The first-order chi connectivity index (χ1) is 16.1. The van der Waals surface area contributed by atoms with Gasteiger partial charge in [0.2, 0.25) is 0 Å². The van der Waals surface area contributed by atoms with Crippen molar-refractivity contribution >= 4 is 17.7 Å². The summed E-state index contributed by atoms with van der Waals surface area (Å²) in [6.45, 7) is 5.84. The van der Waals surface area contributed by atoms with E-state index in [1.165, 1.54) is 0 Å². The van der Waals surface area contributed by atoms with Crippen LogP contribution in [0.15, 0.2) is 72.9 Å². The molecule has 2 aromatic carbocycles. The molecule has 1 fully saturated rings. The minimum atomic E-state index is -0.351. The number of piperazine rings is 1. The lowest BCUT2D eigenvalue weighted by Gasteiger charge is -2.33. The van der Waals surface area contributed by atoms with Gasteiger partial charge in [0.15, 0.2) is 0 Å². The highest BCUT2D eigenvalue weighted by Gasteiger charge is 2.22. The Hall–Kier alpha value is -3.71. The summed E-state index contributed by atoms with van der Waals surface area (Å²) in [5.74, 6) is 0.266. The van der Waals surface area contributed by atoms with Crippen LogP contribution in [0, 0.1) is 6.92 Å². The second kappa shape index (κ2) is 10.7. The Morgan fingerprint density at radius 1 is 0.939 bits per heavy atom. The number of rotatable bonds is 6. The van der Waals surface area contributed by atoms with Crippen LogP contribution in [-0.4, -0.2) is 59.5 Å². The van der Waals surface area contributed by atoms with E-state index in [4.69, 9.17) is 4.74 Å². The Bertz CT molecular complexity index is 1060. The lowest BCUT2D eigenvalue weighted by Crippen LogP contribution is -2.49. The van der Waals surface area contributed by atoms with Crippen molar-refractivity contribution < 1.29 is 14.3 Å². The molecule has 0 unspecified atom stereocenters. The first-order valence-electron chi connectivity index (χ1n) is 11.1. The topological polar surface area (TPSA) is 74.8 Å². The highest BCUT2D eigenvalue weighted by molar-refractivity contribution is 6.04. The van der Waals surface area contributed by atoms with E-state index >= 15 is 0 Å². The maximum Gasteiger partial charge on any atom is 0.415 e. The van der Waals surface area contributed by atoms with Crippen molar-refractivity contribution in [2.45, 2.75) is 13.3 Å². The number of benzene rings is 2. The van der Waals surface area contributed by atoms with Crippen LogP contribution >= 0.6 is 0 Å². The van der Waals surface area contributed by atoms with Crippen LogP contribution < -0.4 is 10.1 Å². The Morgan fingerprint density at radius 2 is 1.67 bits per heavy atom. The number of amides is 2. The van der Waals surface area contributed by atoms with Crippen LogP contribution in [0.3, 0.4) is 0 Å². The zero-order valence-corrected chi connectivity index (χ0v) is 18.7. The Labute approximate surface area is 194 Å². The van der Waals surface area contributed by atoms with Gasteiger partial charge in [0.05, 0.1) is 0 Å². The van der Waals surface area contributed by atoms with Gasteiger partial charge in [0, 0.05) is 62.3 Å². The van der Waals surface area contributed by atoms with Crippen molar-refractivity contribution in [2.24, 2.45) is 0 Å². The molecule has 2 amide bonds. The third kappa shape index (κ3) is 6.40. The predicted molar refractivity (Wildman–Crippen MR) is 128 cm³/mol. The number of pyridine rings is 1. The molecule has 0 bridgehead atoms. The van der Waals surface area contributed by atoms with Crippen molar-refractivity contribution in [2.75, 3.05) is 38.0 Å². The molecule has 4 rings (SSSR count). The number of nitrogens with one attached hydrogen (secondary N) is 1. The minimum absolute atomic E-state index is 0.184. The summed E-state index contributed by atoms with van der Waals surface area (Å²) in [6, 6.07) is 20.0. The summed E-state index contributed by atoms with van der Waals surface area (Å²) in [5, 5.41) is 2.83. The van der Waals surface area contributed by atoms with Gasteiger partial charge < -0.3 is 15.0 Å². The molecule has 1 aliphatic rings. The van der Waals surface area contributed by atoms with Gasteiger partial charge in [-0.1, -0.05) is 24.3 Å². The standard InChI is InChI=1S/C26H28N4O3/c1-20-7-8-22(27-19-20)13-14-29-15-17-30(18-16-29)26(32)33-24-11-9-23(10-12-24)28-25(31)21-5-3-2-4-6-21/h2-12,19H,13-18H2,1H3,(H,28,31). The lowest BCUT2D eigenvalue weighted by molar-refractivity contribution is 0.102. The molecule has 2 heterocycles. The molecule has 7 heteroatoms. The van der Waals surface area contributed by atoms with E-state index in [0.717, 1.165) is 37.3 Å². The summed E-state index contributed by atoms with van der Waals surface area (Å²) < 4.78 is 5.52. The fourth-order valence-electron chi connectivity index (χ4n) is 3.64. The van der Waals surface area contributed by atoms with E-state index in [-0.39, 0.29) is 12.0 Å². The molecule has 7 nitrogen and oxygen atoms in total. The van der Waals surface area contributed by atoms with Crippen molar-refractivity contribution in [3.63, 3.8) is 0 Å². The van der Waals surface area contributed by atoms with Gasteiger partial charge in [0.1, 0.15) is 5.75 Å². The number of carbonyl (C=O) groups is 2. The molecule has 3 aromatic rings. The monoisotopic (exact) mass is 444 g/mol. The number of nitrogens with zero attached hydrogens (tertiary/aromatic N) is 3. The summed E-state index contributed by atoms with van der Waals surface area (Å²) in [5.41, 5.74) is 3.48. The van der Waals surface area contributed by atoms with E-state index in [9.17, 15) is 9.59 Å². The van der Waals surface area contributed by atoms with Crippen LogP contribution in [0.2, 0.25) is 0 Å². The maximum atomic E-state index is 12.5. The van der Waals surface area contributed by atoms with Crippen LogP contribution in [0.5, 0.6) is 5.75 Å². The van der Waals surface area contributed by atoms with Gasteiger partial charge in [-0.25, -0.2) is 4.79 Å². The average molecular weight is 445 g/mol. The molecular formula is C26H28N4O3. The Morgan fingerprint density at radius 3 is 2.33 bits per heavy atom. The Kier molecular flexibility index (Phi) is 7.32. The largest absolute Gasteiger partial charge is 0.415 e. The van der Waals surface area contributed by atoms with Crippen LogP contribution in [-0.2, 0) is 6.42 Å². The second-order valence-corrected chi connectivity index (χ2v) is 8.12. The number of hydrogen-bond donors (Lipinski definition) is 1. The number of ether oxygens (including phenoxy) is 1. The van der Waals surface area contributed by atoms with Gasteiger partial charge in [-0.2, -0.15) is 0 Å². The highest BCUT2D eigenvalue weighted by Crippen LogP contribution is 2.18. The number of anilines is 1. The Balaban J connectivity index is 1.21. The fourth-order valence-corrected chi connectivity index (χ4v) is 3.64. The van der Waals surface area contributed by atoms with Crippen LogP contribution in [0.1, 0.15) is 21.6 Å². The normalized spacial score (nSPS) is 14.0. The number of aryl methyl sites for hydroxylation is 1. The van der Waals surface area contributed by atoms with E-state index < -0.39 is 0 Å². The zero-order chi connectivity index (χ0) is 23.0. The summed E-state index contributed by atoms with van der Waals surface area (Å²) in [7, 11) is 0. The molecule has 33 heavy (non-hydrogen) atoms. The van der Waals surface area contributed by atoms with Crippen molar-refractivity contribution in [1.29, 1.82) is 0 Å². The molecule has 1 N–H and O–H groups in total. The highest BCUT2D eigenvalue weighted by atomic mass is 16.6. The summed E-state index contributed by atoms with van der Waals surface area (Å²) in [6.07, 6.45) is 2.45. The molecule has 0 radical (unpaired) electrons. The van der Waals surface area contributed by atoms with Crippen molar-refractivity contribution in [1.82, 2.24) is 14.8 Å². The molecule has 1 saturated heterocycles. The molecule has 1 aromatic heterocycles. The van der Waals surface area contributed by atoms with Crippen LogP contribution in [0.25, 0.3) is 0 Å². The molecular weight excluding hydrogens is 416 g/mol. The van der Waals surface area contributed by atoms with E-state index in [0.29, 0.717) is 30.1 Å².